The highest BCUT2D eigenvalue weighted by molar-refractivity contribution is 7.16. The first-order valence-corrected chi connectivity index (χ1v) is 12.2. The van der Waals surface area contributed by atoms with Crippen molar-refractivity contribution in [2.45, 2.75) is 13.5 Å². The van der Waals surface area contributed by atoms with E-state index in [2.05, 4.69) is 20.8 Å². The van der Waals surface area contributed by atoms with Gasteiger partial charge in [0.1, 0.15) is 11.5 Å². The van der Waals surface area contributed by atoms with E-state index in [4.69, 9.17) is 4.74 Å². The predicted molar refractivity (Wildman–Crippen MR) is 136 cm³/mol. The standard InChI is InChI=1S/C24H23N5O4S2/c1-14(18-12-34-22(21(18)30)15-4-6-17(33-3)7-5-15)27-28-24(32)20-9-8-19(35-20)23(31)25-10-16-11-29(2)13-26-16/h4-9,11-13,30H,10H2,1-3H3,(H,25,31)(H,28,32). The number of thiophene rings is 2. The third-order valence-electron chi connectivity index (χ3n) is 5.07. The number of rotatable bonds is 8. The summed E-state index contributed by atoms with van der Waals surface area (Å²) in [7, 11) is 3.45. The topological polar surface area (TPSA) is 118 Å². The van der Waals surface area contributed by atoms with E-state index in [1.54, 1.807) is 42.4 Å². The van der Waals surface area contributed by atoms with Crippen molar-refractivity contribution in [1.82, 2.24) is 20.3 Å². The number of aryl methyl sites for hydroxylation is 1. The van der Waals surface area contributed by atoms with Crippen LogP contribution in [-0.2, 0) is 13.6 Å². The highest BCUT2D eigenvalue weighted by Gasteiger charge is 2.17. The molecule has 0 saturated carbocycles. The summed E-state index contributed by atoms with van der Waals surface area (Å²) >= 11 is 2.45. The van der Waals surface area contributed by atoms with Crippen LogP contribution in [0.5, 0.6) is 11.5 Å². The predicted octanol–water partition coefficient (Wildman–Crippen LogP) is 4.01. The summed E-state index contributed by atoms with van der Waals surface area (Å²) in [6, 6.07) is 10.5. The van der Waals surface area contributed by atoms with E-state index >= 15 is 0 Å². The number of imidazole rings is 1. The van der Waals surface area contributed by atoms with Crippen LogP contribution in [0.15, 0.2) is 59.4 Å². The number of methoxy groups -OCH3 is 1. The molecule has 180 valence electrons. The summed E-state index contributed by atoms with van der Waals surface area (Å²) in [6.07, 6.45) is 3.48. The van der Waals surface area contributed by atoms with Gasteiger partial charge in [-0.3, -0.25) is 9.59 Å². The van der Waals surface area contributed by atoms with E-state index in [0.717, 1.165) is 28.3 Å². The zero-order valence-electron chi connectivity index (χ0n) is 19.2. The molecule has 3 heterocycles. The molecule has 0 spiro atoms. The molecule has 0 bridgehead atoms. The summed E-state index contributed by atoms with van der Waals surface area (Å²) in [6.45, 7) is 2.00. The Bertz CT molecular complexity index is 1390. The Labute approximate surface area is 209 Å². The minimum absolute atomic E-state index is 0.0960. The molecule has 0 unspecified atom stereocenters. The lowest BCUT2D eigenvalue weighted by molar-refractivity contribution is 0.0949. The van der Waals surface area contributed by atoms with Crippen molar-refractivity contribution in [1.29, 1.82) is 0 Å². The molecular weight excluding hydrogens is 486 g/mol. The Balaban J connectivity index is 1.38. The number of ether oxygens (including phenoxy) is 1. The van der Waals surface area contributed by atoms with Crippen molar-refractivity contribution >= 4 is 40.2 Å². The molecule has 0 aliphatic rings. The number of aromatic hydroxyl groups is 1. The molecule has 0 aliphatic carbocycles. The monoisotopic (exact) mass is 509 g/mol. The van der Waals surface area contributed by atoms with E-state index in [1.165, 1.54) is 11.3 Å². The summed E-state index contributed by atoms with van der Waals surface area (Å²) in [5, 5.41) is 19.4. The van der Waals surface area contributed by atoms with Gasteiger partial charge >= 0.3 is 0 Å². The number of hydrazone groups is 1. The van der Waals surface area contributed by atoms with Crippen molar-refractivity contribution in [2.75, 3.05) is 7.11 Å². The third-order valence-corrected chi connectivity index (χ3v) is 7.18. The number of carbonyl (C=O) groups excluding carboxylic acids is 2. The normalized spacial score (nSPS) is 11.3. The fraction of sp³-hybridized carbons (Fsp3) is 0.167. The molecule has 3 N–H and O–H groups in total. The quantitative estimate of drug-likeness (QED) is 0.245. The second-order valence-corrected chi connectivity index (χ2v) is 9.53. The number of nitrogens with zero attached hydrogens (tertiary/aromatic N) is 3. The van der Waals surface area contributed by atoms with Crippen LogP contribution in [0.3, 0.4) is 0 Å². The molecule has 3 aromatic heterocycles. The fourth-order valence-corrected chi connectivity index (χ4v) is 5.03. The molecule has 0 atom stereocenters. The third kappa shape index (κ3) is 5.58. The number of carbonyl (C=O) groups is 2. The molecule has 2 amide bonds. The number of hydrogen-bond acceptors (Lipinski definition) is 8. The number of nitrogens with one attached hydrogen (secondary N) is 2. The zero-order chi connectivity index (χ0) is 24.9. The number of benzene rings is 1. The van der Waals surface area contributed by atoms with Crippen LogP contribution in [0.4, 0.5) is 0 Å². The second-order valence-electron chi connectivity index (χ2n) is 7.57. The molecule has 4 rings (SSSR count). The number of hydrogen-bond donors (Lipinski definition) is 3. The van der Waals surface area contributed by atoms with Gasteiger partial charge in [-0.05, 0) is 48.9 Å². The minimum atomic E-state index is -0.441. The highest BCUT2D eigenvalue weighted by atomic mass is 32.1. The van der Waals surface area contributed by atoms with Crippen LogP contribution in [0.2, 0.25) is 0 Å². The van der Waals surface area contributed by atoms with Crippen molar-refractivity contribution in [2.24, 2.45) is 12.1 Å². The lowest BCUT2D eigenvalue weighted by Gasteiger charge is -2.04. The van der Waals surface area contributed by atoms with E-state index < -0.39 is 5.91 Å². The highest BCUT2D eigenvalue weighted by Crippen LogP contribution is 2.39. The molecule has 11 heteroatoms. The Morgan fingerprint density at radius 1 is 1.14 bits per heavy atom. The Kier molecular flexibility index (Phi) is 7.28. The van der Waals surface area contributed by atoms with Gasteiger partial charge in [0.05, 0.1) is 51.6 Å². The van der Waals surface area contributed by atoms with E-state index in [1.807, 2.05) is 37.5 Å². The lowest BCUT2D eigenvalue weighted by Crippen LogP contribution is -2.22. The van der Waals surface area contributed by atoms with Crippen molar-refractivity contribution < 1.29 is 19.4 Å². The van der Waals surface area contributed by atoms with Gasteiger partial charge in [-0.15, -0.1) is 22.7 Å². The van der Waals surface area contributed by atoms with Crippen LogP contribution < -0.4 is 15.5 Å². The van der Waals surface area contributed by atoms with Crippen LogP contribution in [0.1, 0.15) is 37.5 Å². The first kappa shape index (κ1) is 24.2. The smallest absolute Gasteiger partial charge is 0.281 e. The molecule has 9 nitrogen and oxygen atoms in total. The van der Waals surface area contributed by atoms with Gasteiger partial charge in [0.15, 0.2) is 0 Å². The average Bonchev–Trinajstić information content (AvgIpc) is 3.61. The SMILES string of the molecule is COc1ccc(-c2scc(C(C)=NNC(=O)c3ccc(C(=O)NCc4cn(C)cn4)s3)c2O)cc1. The van der Waals surface area contributed by atoms with Gasteiger partial charge in [0.25, 0.3) is 11.8 Å². The largest absolute Gasteiger partial charge is 0.506 e. The van der Waals surface area contributed by atoms with Crippen LogP contribution in [-0.4, -0.2) is 39.3 Å². The fourth-order valence-electron chi connectivity index (χ4n) is 3.20. The molecule has 0 radical (unpaired) electrons. The van der Waals surface area contributed by atoms with Crippen molar-refractivity contribution in [3.05, 3.63) is 75.3 Å². The van der Waals surface area contributed by atoms with Crippen molar-refractivity contribution in [3.63, 3.8) is 0 Å². The van der Waals surface area contributed by atoms with Crippen LogP contribution >= 0.6 is 22.7 Å². The lowest BCUT2D eigenvalue weighted by atomic mass is 10.1. The van der Waals surface area contributed by atoms with Crippen LogP contribution in [0, 0.1) is 0 Å². The summed E-state index contributed by atoms with van der Waals surface area (Å²) in [5.41, 5.74) is 5.07. The first-order valence-electron chi connectivity index (χ1n) is 10.5. The first-order chi connectivity index (χ1) is 16.9. The Morgan fingerprint density at radius 2 is 1.86 bits per heavy atom. The number of amides is 2. The van der Waals surface area contributed by atoms with E-state index in [9.17, 15) is 14.7 Å². The molecular formula is C24H23N5O4S2. The zero-order valence-corrected chi connectivity index (χ0v) is 20.9. The van der Waals surface area contributed by atoms with Gasteiger partial charge in [-0.25, -0.2) is 10.4 Å². The van der Waals surface area contributed by atoms with Gasteiger partial charge < -0.3 is 19.7 Å². The van der Waals surface area contributed by atoms with Crippen LogP contribution in [0.25, 0.3) is 10.4 Å². The second kappa shape index (κ2) is 10.5. The maximum Gasteiger partial charge on any atom is 0.281 e. The van der Waals surface area contributed by atoms with E-state index in [-0.39, 0.29) is 11.7 Å². The Morgan fingerprint density at radius 3 is 2.51 bits per heavy atom. The Hall–Kier alpha value is -3.96. The van der Waals surface area contributed by atoms with Gasteiger partial charge in [-0.1, -0.05) is 0 Å². The average molecular weight is 510 g/mol. The van der Waals surface area contributed by atoms with Crippen molar-refractivity contribution in [3.8, 4) is 21.9 Å². The molecule has 4 aromatic rings. The molecule has 0 fully saturated rings. The molecule has 0 saturated heterocycles. The molecule has 35 heavy (non-hydrogen) atoms. The molecule has 1 aromatic carbocycles. The summed E-state index contributed by atoms with van der Waals surface area (Å²) in [5.74, 6) is 0.100. The summed E-state index contributed by atoms with van der Waals surface area (Å²) in [4.78, 5) is 30.5. The minimum Gasteiger partial charge on any atom is -0.506 e. The number of aromatic nitrogens is 2. The maximum absolute atomic E-state index is 12.5. The van der Waals surface area contributed by atoms with Gasteiger partial charge in [0, 0.05) is 18.6 Å². The molecule has 0 aliphatic heterocycles. The van der Waals surface area contributed by atoms with Gasteiger partial charge in [0.2, 0.25) is 0 Å². The summed E-state index contributed by atoms with van der Waals surface area (Å²) < 4.78 is 6.97. The van der Waals surface area contributed by atoms with Gasteiger partial charge in [-0.2, -0.15) is 5.10 Å². The maximum atomic E-state index is 12.5. The van der Waals surface area contributed by atoms with E-state index in [0.29, 0.717) is 32.5 Å².